The van der Waals surface area contributed by atoms with E-state index in [4.69, 9.17) is 16.3 Å². The molecule has 0 bridgehead atoms. The molecule has 0 atom stereocenters. The number of hydrogen-bond acceptors (Lipinski definition) is 3. The molecule has 0 spiro atoms. The van der Waals surface area contributed by atoms with Crippen LogP contribution in [0.5, 0.6) is 5.75 Å². The monoisotopic (exact) mass is 318 g/mol. The van der Waals surface area contributed by atoms with Gasteiger partial charge in [0, 0.05) is 10.7 Å². The Hall–Kier alpha value is -2.20. The molecule has 2 rings (SSSR count). The molecule has 2 aromatic rings. The van der Waals surface area contributed by atoms with Crippen molar-refractivity contribution in [2.45, 2.75) is 13.8 Å². The molecule has 22 heavy (non-hydrogen) atoms. The second kappa shape index (κ2) is 7.71. The molecule has 0 aromatic heterocycles. The quantitative estimate of drug-likeness (QED) is 0.843. The van der Waals surface area contributed by atoms with Crippen molar-refractivity contribution in [1.82, 2.24) is 0 Å². The summed E-state index contributed by atoms with van der Waals surface area (Å²) in [5.74, 6) is 0.591. The summed E-state index contributed by atoms with van der Waals surface area (Å²) >= 11 is 6.04. The highest BCUT2D eigenvalue weighted by Crippen LogP contribution is 2.24. The lowest BCUT2D eigenvalue weighted by Gasteiger charge is -2.13. The lowest BCUT2D eigenvalue weighted by Crippen LogP contribution is -2.22. The minimum Gasteiger partial charge on any atom is -0.492 e. The number of carbonyl (C=O) groups is 1. The Labute approximate surface area is 135 Å². The van der Waals surface area contributed by atoms with Crippen LogP contribution in [-0.2, 0) is 4.79 Å². The summed E-state index contributed by atoms with van der Waals surface area (Å²) in [6.45, 7) is 4.52. The topological polar surface area (TPSA) is 50.4 Å². The summed E-state index contributed by atoms with van der Waals surface area (Å²) in [6.07, 6.45) is 0. The summed E-state index contributed by atoms with van der Waals surface area (Å²) < 4.78 is 5.51. The first-order valence-electron chi connectivity index (χ1n) is 7.12. The van der Waals surface area contributed by atoms with Crippen molar-refractivity contribution in [3.63, 3.8) is 0 Å². The van der Waals surface area contributed by atoms with Crippen LogP contribution in [0.2, 0.25) is 5.02 Å². The second-order valence-corrected chi connectivity index (χ2v) is 5.15. The fourth-order valence-electron chi connectivity index (χ4n) is 2.01. The van der Waals surface area contributed by atoms with Crippen LogP contribution in [0.15, 0.2) is 42.5 Å². The summed E-state index contributed by atoms with van der Waals surface area (Å²) in [7, 11) is 0. The molecule has 0 aliphatic heterocycles. The minimum atomic E-state index is -0.142. The van der Waals surface area contributed by atoms with Gasteiger partial charge in [-0.15, -0.1) is 0 Å². The Bertz CT molecular complexity index is 659. The van der Waals surface area contributed by atoms with Crippen LogP contribution >= 0.6 is 11.6 Å². The highest BCUT2D eigenvalue weighted by Gasteiger charge is 2.08. The van der Waals surface area contributed by atoms with Crippen molar-refractivity contribution in [1.29, 1.82) is 0 Å². The molecule has 0 heterocycles. The SMILES string of the molecule is CCOc1ccccc1NCC(=O)Nc1cccc(Cl)c1C. The highest BCUT2D eigenvalue weighted by atomic mass is 35.5. The lowest BCUT2D eigenvalue weighted by atomic mass is 10.2. The maximum absolute atomic E-state index is 12.1. The lowest BCUT2D eigenvalue weighted by molar-refractivity contribution is -0.114. The Morgan fingerprint density at radius 1 is 1.14 bits per heavy atom. The van der Waals surface area contributed by atoms with E-state index in [1.165, 1.54) is 0 Å². The number of anilines is 2. The van der Waals surface area contributed by atoms with E-state index in [1.807, 2.05) is 50.2 Å². The zero-order valence-electron chi connectivity index (χ0n) is 12.7. The van der Waals surface area contributed by atoms with E-state index in [-0.39, 0.29) is 12.5 Å². The van der Waals surface area contributed by atoms with Crippen molar-refractivity contribution in [2.24, 2.45) is 0 Å². The van der Waals surface area contributed by atoms with Gasteiger partial charge in [0.2, 0.25) is 5.91 Å². The van der Waals surface area contributed by atoms with Crippen LogP contribution in [0.1, 0.15) is 12.5 Å². The third kappa shape index (κ3) is 4.15. The first-order valence-corrected chi connectivity index (χ1v) is 7.50. The molecule has 5 heteroatoms. The molecule has 0 aliphatic carbocycles. The summed E-state index contributed by atoms with van der Waals surface area (Å²) in [4.78, 5) is 12.1. The Morgan fingerprint density at radius 2 is 1.86 bits per heavy atom. The van der Waals surface area contributed by atoms with E-state index in [1.54, 1.807) is 6.07 Å². The number of para-hydroxylation sites is 2. The molecule has 0 radical (unpaired) electrons. The molecule has 0 saturated carbocycles. The number of ether oxygens (including phenoxy) is 1. The molecular formula is C17H19ClN2O2. The first-order chi connectivity index (χ1) is 10.6. The van der Waals surface area contributed by atoms with Crippen LogP contribution in [0, 0.1) is 6.92 Å². The molecule has 116 valence electrons. The van der Waals surface area contributed by atoms with E-state index in [9.17, 15) is 4.79 Å². The largest absolute Gasteiger partial charge is 0.492 e. The third-order valence-electron chi connectivity index (χ3n) is 3.17. The zero-order valence-corrected chi connectivity index (χ0v) is 13.4. The minimum absolute atomic E-state index is 0.142. The Morgan fingerprint density at radius 3 is 2.64 bits per heavy atom. The number of rotatable bonds is 6. The van der Waals surface area contributed by atoms with Crippen molar-refractivity contribution in [2.75, 3.05) is 23.8 Å². The molecule has 2 N–H and O–H groups in total. The average Bonchev–Trinajstić information content (AvgIpc) is 2.51. The number of carbonyl (C=O) groups excluding carboxylic acids is 1. The van der Waals surface area contributed by atoms with Crippen molar-refractivity contribution >= 4 is 28.9 Å². The zero-order chi connectivity index (χ0) is 15.9. The highest BCUT2D eigenvalue weighted by molar-refractivity contribution is 6.31. The van der Waals surface area contributed by atoms with Crippen LogP contribution in [0.3, 0.4) is 0 Å². The number of amides is 1. The van der Waals surface area contributed by atoms with E-state index in [0.29, 0.717) is 11.6 Å². The fraction of sp³-hybridized carbons (Fsp3) is 0.235. The van der Waals surface area contributed by atoms with E-state index < -0.39 is 0 Å². The van der Waals surface area contributed by atoms with Crippen molar-refractivity contribution in [3.05, 3.63) is 53.1 Å². The predicted molar refractivity (Wildman–Crippen MR) is 90.9 cm³/mol. The molecule has 4 nitrogen and oxygen atoms in total. The molecule has 0 saturated heterocycles. The van der Waals surface area contributed by atoms with Gasteiger partial charge in [0.1, 0.15) is 5.75 Å². The molecule has 0 fully saturated rings. The van der Waals surface area contributed by atoms with Gasteiger partial charge in [0.25, 0.3) is 0 Å². The van der Waals surface area contributed by atoms with Crippen LogP contribution in [-0.4, -0.2) is 19.1 Å². The first kappa shape index (κ1) is 16.2. The average molecular weight is 319 g/mol. The molecule has 0 unspecified atom stereocenters. The molecule has 2 aromatic carbocycles. The van der Waals surface area contributed by atoms with Gasteiger partial charge in [-0.25, -0.2) is 0 Å². The summed E-state index contributed by atoms with van der Waals surface area (Å²) in [5.41, 5.74) is 2.37. The van der Waals surface area contributed by atoms with Gasteiger partial charge in [0.15, 0.2) is 0 Å². The number of hydrogen-bond donors (Lipinski definition) is 2. The smallest absolute Gasteiger partial charge is 0.243 e. The standard InChI is InChI=1S/C17H19ClN2O2/c1-3-22-16-10-5-4-8-15(16)19-11-17(21)20-14-9-6-7-13(18)12(14)2/h4-10,19H,3,11H2,1-2H3,(H,20,21). The number of nitrogens with one attached hydrogen (secondary N) is 2. The van der Waals surface area contributed by atoms with Crippen LogP contribution in [0.25, 0.3) is 0 Å². The van der Waals surface area contributed by atoms with E-state index in [2.05, 4.69) is 10.6 Å². The van der Waals surface area contributed by atoms with Crippen LogP contribution < -0.4 is 15.4 Å². The fourth-order valence-corrected chi connectivity index (χ4v) is 2.18. The molecule has 0 aliphatic rings. The number of halogens is 1. The predicted octanol–water partition coefficient (Wildman–Crippen LogP) is 4.10. The van der Waals surface area contributed by atoms with Gasteiger partial charge in [-0.3, -0.25) is 4.79 Å². The van der Waals surface area contributed by atoms with Gasteiger partial charge in [-0.05, 0) is 43.7 Å². The maximum Gasteiger partial charge on any atom is 0.243 e. The Kier molecular flexibility index (Phi) is 5.67. The normalized spacial score (nSPS) is 10.1. The summed E-state index contributed by atoms with van der Waals surface area (Å²) in [5, 5.41) is 6.56. The third-order valence-corrected chi connectivity index (χ3v) is 3.58. The molecular weight excluding hydrogens is 300 g/mol. The van der Waals surface area contributed by atoms with Gasteiger partial charge >= 0.3 is 0 Å². The van der Waals surface area contributed by atoms with Gasteiger partial charge < -0.3 is 15.4 Å². The molecule has 1 amide bonds. The van der Waals surface area contributed by atoms with Crippen molar-refractivity contribution < 1.29 is 9.53 Å². The summed E-state index contributed by atoms with van der Waals surface area (Å²) in [6, 6.07) is 13.0. The van der Waals surface area contributed by atoms with E-state index in [0.717, 1.165) is 22.7 Å². The van der Waals surface area contributed by atoms with Gasteiger partial charge in [-0.1, -0.05) is 29.8 Å². The van der Waals surface area contributed by atoms with Crippen molar-refractivity contribution in [3.8, 4) is 5.75 Å². The second-order valence-electron chi connectivity index (χ2n) is 4.74. The van der Waals surface area contributed by atoms with Gasteiger partial charge in [-0.2, -0.15) is 0 Å². The number of benzene rings is 2. The van der Waals surface area contributed by atoms with Crippen LogP contribution in [0.4, 0.5) is 11.4 Å². The van der Waals surface area contributed by atoms with E-state index >= 15 is 0 Å². The Balaban J connectivity index is 1.97. The van der Waals surface area contributed by atoms with Gasteiger partial charge in [0.05, 0.1) is 18.8 Å². The maximum atomic E-state index is 12.1.